The fourth-order valence-electron chi connectivity index (χ4n) is 2.33. The highest BCUT2D eigenvalue weighted by Gasteiger charge is 2.20. The van der Waals surface area contributed by atoms with Crippen LogP contribution < -0.4 is 5.73 Å². The standard InChI is InChI=1S/C12H26N2O/c1-3-14(8-9-15-2)10-11-4-6-12(13)7-5-11/h11-12H,3-10,13H2,1-2H3. The van der Waals surface area contributed by atoms with Gasteiger partial charge >= 0.3 is 0 Å². The molecule has 90 valence electrons. The van der Waals surface area contributed by atoms with Gasteiger partial charge in [0.15, 0.2) is 0 Å². The lowest BCUT2D eigenvalue weighted by molar-refractivity contribution is 0.131. The van der Waals surface area contributed by atoms with Gasteiger partial charge in [-0.1, -0.05) is 6.92 Å². The molecule has 0 amide bonds. The van der Waals surface area contributed by atoms with Crippen LogP contribution in [0.25, 0.3) is 0 Å². The molecule has 0 atom stereocenters. The topological polar surface area (TPSA) is 38.5 Å². The molecular weight excluding hydrogens is 188 g/mol. The van der Waals surface area contributed by atoms with E-state index in [1.807, 2.05) is 0 Å². The molecule has 0 aliphatic heterocycles. The van der Waals surface area contributed by atoms with Crippen molar-refractivity contribution in [3.05, 3.63) is 0 Å². The van der Waals surface area contributed by atoms with Crippen LogP contribution in [-0.2, 0) is 4.74 Å². The van der Waals surface area contributed by atoms with E-state index in [4.69, 9.17) is 10.5 Å². The van der Waals surface area contributed by atoms with Crippen LogP contribution in [0.3, 0.4) is 0 Å². The molecule has 0 heterocycles. The molecule has 0 unspecified atom stereocenters. The van der Waals surface area contributed by atoms with E-state index in [-0.39, 0.29) is 0 Å². The fourth-order valence-corrected chi connectivity index (χ4v) is 2.33. The molecule has 0 spiro atoms. The van der Waals surface area contributed by atoms with Gasteiger partial charge in [-0.15, -0.1) is 0 Å². The summed E-state index contributed by atoms with van der Waals surface area (Å²) in [7, 11) is 1.77. The molecule has 15 heavy (non-hydrogen) atoms. The predicted molar refractivity (Wildman–Crippen MR) is 63.9 cm³/mol. The maximum atomic E-state index is 5.91. The zero-order chi connectivity index (χ0) is 11.1. The number of rotatable bonds is 6. The number of hydrogen-bond donors (Lipinski definition) is 1. The van der Waals surface area contributed by atoms with E-state index in [0.717, 1.165) is 25.6 Å². The molecule has 0 saturated heterocycles. The Morgan fingerprint density at radius 1 is 1.27 bits per heavy atom. The zero-order valence-electron chi connectivity index (χ0n) is 10.2. The maximum absolute atomic E-state index is 5.91. The summed E-state index contributed by atoms with van der Waals surface area (Å²) in [5.41, 5.74) is 5.91. The first-order valence-electron chi connectivity index (χ1n) is 6.23. The summed E-state index contributed by atoms with van der Waals surface area (Å²) in [6.07, 6.45) is 5.05. The molecule has 0 aromatic carbocycles. The molecule has 1 rings (SSSR count). The van der Waals surface area contributed by atoms with E-state index in [2.05, 4.69) is 11.8 Å². The minimum atomic E-state index is 0.468. The fraction of sp³-hybridized carbons (Fsp3) is 1.00. The number of ether oxygens (including phenoxy) is 1. The molecule has 3 nitrogen and oxygen atoms in total. The quantitative estimate of drug-likeness (QED) is 0.728. The monoisotopic (exact) mass is 214 g/mol. The van der Waals surface area contributed by atoms with Crippen molar-refractivity contribution >= 4 is 0 Å². The van der Waals surface area contributed by atoms with Crippen molar-refractivity contribution in [2.24, 2.45) is 11.7 Å². The van der Waals surface area contributed by atoms with Gasteiger partial charge in [0.25, 0.3) is 0 Å². The summed E-state index contributed by atoms with van der Waals surface area (Å²) >= 11 is 0. The van der Waals surface area contributed by atoms with Gasteiger partial charge in [-0.3, -0.25) is 0 Å². The van der Waals surface area contributed by atoms with Crippen molar-refractivity contribution < 1.29 is 4.74 Å². The first-order valence-corrected chi connectivity index (χ1v) is 6.23. The van der Waals surface area contributed by atoms with Gasteiger partial charge in [-0.2, -0.15) is 0 Å². The van der Waals surface area contributed by atoms with E-state index in [9.17, 15) is 0 Å². The second-order valence-electron chi connectivity index (χ2n) is 4.67. The van der Waals surface area contributed by atoms with Crippen LogP contribution in [0.1, 0.15) is 32.6 Å². The van der Waals surface area contributed by atoms with Gasteiger partial charge in [0, 0.05) is 26.2 Å². The summed E-state index contributed by atoms with van der Waals surface area (Å²) in [6.45, 7) is 6.50. The normalized spacial score (nSPS) is 27.2. The van der Waals surface area contributed by atoms with Crippen molar-refractivity contribution in [2.45, 2.75) is 38.6 Å². The van der Waals surface area contributed by atoms with E-state index < -0.39 is 0 Å². The number of hydrogen-bond acceptors (Lipinski definition) is 3. The van der Waals surface area contributed by atoms with E-state index in [1.54, 1.807) is 7.11 Å². The van der Waals surface area contributed by atoms with Crippen molar-refractivity contribution in [1.82, 2.24) is 4.90 Å². The number of nitrogens with zero attached hydrogens (tertiary/aromatic N) is 1. The van der Waals surface area contributed by atoms with E-state index >= 15 is 0 Å². The van der Waals surface area contributed by atoms with Crippen LogP contribution in [-0.4, -0.2) is 44.3 Å². The Kier molecular flexibility index (Phi) is 6.22. The van der Waals surface area contributed by atoms with Crippen molar-refractivity contribution in [3.8, 4) is 0 Å². The largest absolute Gasteiger partial charge is 0.383 e. The van der Waals surface area contributed by atoms with E-state index in [0.29, 0.717) is 6.04 Å². The highest BCUT2D eigenvalue weighted by molar-refractivity contribution is 4.76. The summed E-state index contributed by atoms with van der Waals surface area (Å²) < 4.78 is 5.12. The number of methoxy groups -OCH3 is 1. The van der Waals surface area contributed by atoms with Gasteiger partial charge < -0.3 is 15.4 Å². The summed E-state index contributed by atoms with van der Waals surface area (Å²) in [4.78, 5) is 2.49. The number of likely N-dealkylation sites (N-methyl/N-ethyl adjacent to an activating group) is 1. The molecule has 0 aromatic heterocycles. The van der Waals surface area contributed by atoms with Crippen LogP contribution in [0.15, 0.2) is 0 Å². The molecule has 0 radical (unpaired) electrons. The highest BCUT2D eigenvalue weighted by atomic mass is 16.5. The third-order valence-corrected chi connectivity index (χ3v) is 3.47. The summed E-state index contributed by atoms with van der Waals surface area (Å²) in [5.74, 6) is 0.863. The molecule has 2 N–H and O–H groups in total. The highest BCUT2D eigenvalue weighted by Crippen LogP contribution is 2.23. The second kappa shape index (κ2) is 7.20. The van der Waals surface area contributed by atoms with Gasteiger partial charge in [0.05, 0.1) is 6.61 Å². The zero-order valence-corrected chi connectivity index (χ0v) is 10.2. The van der Waals surface area contributed by atoms with Gasteiger partial charge in [-0.05, 0) is 38.1 Å². The molecule has 0 bridgehead atoms. The maximum Gasteiger partial charge on any atom is 0.0589 e. The second-order valence-corrected chi connectivity index (χ2v) is 4.67. The van der Waals surface area contributed by atoms with Gasteiger partial charge in [-0.25, -0.2) is 0 Å². The lowest BCUT2D eigenvalue weighted by atomic mass is 9.86. The molecule has 1 saturated carbocycles. The SMILES string of the molecule is CCN(CCOC)CC1CCC(N)CC1. The lowest BCUT2D eigenvalue weighted by Crippen LogP contribution is -2.36. The van der Waals surface area contributed by atoms with Crippen LogP contribution in [0.2, 0.25) is 0 Å². The molecule has 1 aliphatic carbocycles. The first-order chi connectivity index (χ1) is 7.26. The van der Waals surface area contributed by atoms with Gasteiger partial charge in [0.1, 0.15) is 0 Å². The Labute approximate surface area is 94.0 Å². The Bertz CT molecular complexity index is 153. The summed E-state index contributed by atoms with van der Waals surface area (Å²) in [6, 6.07) is 0.468. The Morgan fingerprint density at radius 2 is 1.93 bits per heavy atom. The Balaban J connectivity index is 2.19. The average Bonchev–Trinajstić information content (AvgIpc) is 2.27. The lowest BCUT2D eigenvalue weighted by Gasteiger charge is -2.30. The van der Waals surface area contributed by atoms with Crippen LogP contribution in [0.5, 0.6) is 0 Å². The first kappa shape index (κ1) is 12.9. The average molecular weight is 214 g/mol. The third kappa shape index (κ3) is 4.96. The third-order valence-electron chi connectivity index (χ3n) is 3.47. The smallest absolute Gasteiger partial charge is 0.0589 e. The molecule has 1 fully saturated rings. The van der Waals surface area contributed by atoms with Crippen molar-refractivity contribution in [2.75, 3.05) is 33.4 Å². The predicted octanol–water partition coefficient (Wildman–Crippen LogP) is 1.47. The van der Waals surface area contributed by atoms with Gasteiger partial charge in [0.2, 0.25) is 0 Å². The minimum Gasteiger partial charge on any atom is -0.383 e. The van der Waals surface area contributed by atoms with Crippen LogP contribution in [0.4, 0.5) is 0 Å². The van der Waals surface area contributed by atoms with E-state index in [1.165, 1.54) is 32.2 Å². The molecule has 1 aliphatic rings. The summed E-state index contributed by atoms with van der Waals surface area (Å²) in [5, 5.41) is 0. The Morgan fingerprint density at radius 3 is 2.47 bits per heavy atom. The van der Waals surface area contributed by atoms with Crippen LogP contribution >= 0.6 is 0 Å². The molecular formula is C12H26N2O. The Hall–Kier alpha value is -0.120. The molecule has 0 aromatic rings. The van der Waals surface area contributed by atoms with Crippen molar-refractivity contribution in [3.63, 3.8) is 0 Å². The minimum absolute atomic E-state index is 0.468. The van der Waals surface area contributed by atoms with Crippen molar-refractivity contribution in [1.29, 1.82) is 0 Å². The van der Waals surface area contributed by atoms with Crippen LogP contribution in [0, 0.1) is 5.92 Å². The number of nitrogens with two attached hydrogens (primary N) is 1. The molecule has 3 heteroatoms.